The first-order valence-electron chi connectivity index (χ1n) is 13.7. The van der Waals surface area contributed by atoms with Gasteiger partial charge in [0.1, 0.15) is 11.5 Å². The average Bonchev–Trinajstić information content (AvgIpc) is 2.97. The van der Waals surface area contributed by atoms with E-state index in [0.717, 1.165) is 4.57 Å². The number of hydrogen-bond acceptors (Lipinski definition) is 4. The predicted molar refractivity (Wildman–Crippen MR) is 151 cm³/mol. The fourth-order valence-corrected chi connectivity index (χ4v) is 6.02. The molecule has 1 amide bonds. The van der Waals surface area contributed by atoms with Crippen LogP contribution in [0.25, 0.3) is 32.8 Å². The van der Waals surface area contributed by atoms with Gasteiger partial charge in [0.25, 0.3) is 5.56 Å². The zero-order valence-corrected chi connectivity index (χ0v) is 23.3. The highest BCUT2D eigenvalue weighted by atomic mass is 19.4. The van der Waals surface area contributed by atoms with Crippen molar-refractivity contribution in [1.29, 1.82) is 0 Å². The lowest BCUT2D eigenvalue weighted by atomic mass is 9.77. The van der Waals surface area contributed by atoms with Crippen molar-refractivity contribution >= 4 is 33.6 Å². The van der Waals surface area contributed by atoms with Gasteiger partial charge in [-0.15, -0.1) is 0 Å². The Kier molecular flexibility index (Phi) is 7.95. The van der Waals surface area contributed by atoms with Crippen LogP contribution in [0, 0.1) is 5.41 Å². The van der Waals surface area contributed by atoms with E-state index in [0.29, 0.717) is 0 Å². The molecule has 2 heterocycles. The van der Waals surface area contributed by atoms with E-state index in [9.17, 15) is 45.8 Å². The minimum absolute atomic E-state index is 0.0512. The number of carbonyl (C=O) groups is 2. The molecule has 0 radical (unpaired) electrons. The maximum atomic E-state index is 14.6. The highest BCUT2D eigenvalue weighted by molar-refractivity contribution is 6.02. The van der Waals surface area contributed by atoms with Gasteiger partial charge in [0, 0.05) is 18.9 Å². The van der Waals surface area contributed by atoms with Crippen LogP contribution in [0.3, 0.4) is 0 Å². The zero-order valence-electron chi connectivity index (χ0n) is 23.3. The van der Waals surface area contributed by atoms with Crippen molar-refractivity contribution in [2.24, 2.45) is 12.5 Å². The molecule has 1 fully saturated rings. The second-order valence-electron chi connectivity index (χ2n) is 10.8. The summed E-state index contributed by atoms with van der Waals surface area (Å²) in [6.45, 7) is -0.157. The number of benzene rings is 3. The molecule has 1 aliphatic rings. The summed E-state index contributed by atoms with van der Waals surface area (Å²) in [5.74, 6) is -3.03. The minimum atomic E-state index is -4.92. The lowest BCUT2D eigenvalue weighted by Gasteiger charge is -2.38. The number of pyridine rings is 1. The third-order valence-corrected chi connectivity index (χ3v) is 8.33. The molecule has 1 aliphatic heterocycles. The summed E-state index contributed by atoms with van der Waals surface area (Å²) in [7, 11) is 1.36. The van der Waals surface area contributed by atoms with Gasteiger partial charge in [-0.3, -0.25) is 9.59 Å². The number of alkyl halides is 6. The molecular weight excluding hydrogens is 592 g/mol. The fraction of sp³-hybridized carbons (Fsp3) is 0.323. The third-order valence-electron chi connectivity index (χ3n) is 8.33. The van der Waals surface area contributed by atoms with Crippen LogP contribution in [0.15, 0.2) is 65.5 Å². The number of rotatable bonds is 6. The highest BCUT2D eigenvalue weighted by Gasteiger charge is 2.60. The van der Waals surface area contributed by atoms with E-state index in [1.165, 1.54) is 67.7 Å². The first-order valence-corrected chi connectivity index (χ1v) is 13.7. The van der Waals surface area contributed by atoms with Gasteiger partial charge in [-0.1, -0.05) is 54.6 Å². The van der Waals surface area contributed by atoms with Crippen molar-refractivity contribution in [2.75, 3.05) is 13.1 Å². The summed E-state index contributed by atoms with van der Waals surface area (Å²) in [6, 6.07) is 12.5. The molecule has 1 atom stereocenters. The van der Waals surface area contributed by atoms with Gasteiger partial charge in [-0.05, 0) is 53.9 Å². The monoisotopic (exact) mass is 619 g/mol. The van der Waals surface area contributed by atoms with Crippen LogP contribution >= 0.6 is 0 Å². The Balaban J connectivity index is 1.62. The van der Waals surface area contributed by atoms with E-state index in [4.69, 9.17) is 0 Å². The van der Waals surface area contributed by atoms with Gasteiger partial charge < -0.3 is 20.3 Å². The number of nitrogens with zero attached hydrogens (tertiary/aromatic N) is 1. The normalized spacial score (nSPS) is 16.2. The molecule has 3 N–H and O–H groups in total. The van der Waals surface area contributed by atoms with Gasteiger partial charge in [-0.2, -0.15) is 26.3 Å². The molecule has 0 bridgehead atoms. The lowest BCUT2D eigenvalue weighted by Crippen LogP contribution is -2.58. The standard InChI is InChI=1S/C31H27F6N3O4/c1-40-23-11-3-2-7-21(23)25(30(32,33)34)24(26(40)41)20-10-5-8-18-17(6-4-9-19(18)20)16-22(27(42)43)39-28(44)29(31(35,36)37)12-14-38-15-13-29/h2-11,22,38H,12-16H2,1H3,(H,39,44)(H,42,43)/t22-/m0/s1. The number of aliphatic carboxylic acids is 1. The number of piperidine rings is 1. The van der Waals surface area contributed by atoms with Gasteiger partial charge in [-0.25, -0.2) is 4.79 Å². The van der Waals surface area contributed by atoms with Gasteiger partial charge in [0.2, 0.25) is 5.91 Å². The third kappa shape index (κ3) is 5.29. The number of amides is 1. The predicted octanol–water partition coefficient (Wildman–Crippen LogP) is 5.42. The van der Waals surface area contributed by atoms with E-state index < -0.39 is 71.6 Å². The van der Waals surface area contributed by atoms with Crippen molar-refractivity contribution in [3.05, 3.63) is 82.1 Å². The first-order chi connectivity index (χ1) is 20.7. The van der Waals surface area contributed by atoms with E-state index in [2.05, 4.69) is 10.6 Å². The number of fused-ring (bicyclic) bond motifs is 2. The van der Waals surface area contributed by atoms with Crippen molar-refractivity contribution < 1.29 is 41.0 Å². The molecule has 0 spiro atoms. The van der Waals surface area contributed by atoms with Gasteiger partial charge in [0.15, 0.2) is 0 Å². The second-order valence-corrected chi connectivity index (χ2v) is 10.8. The van der Waals surface area contributed by atoms with E-state index in [1.807, 2.05) is 0 Å². The molecule has 0 saturated carbocycles. The SMILES string of the molecule is Cn1c(=O)c(-c2cccc3c(C[C@H](NC(=O)C4(C(F)(F)F)CCNCC4)C(=O)O)cccc23)c(C(F)(F)F)c2ccccc21. The molecule has 1 saturated heterocycles. The number of halogens is 6. The fourth-order valence-electron chi connectivity index (χ4n) is 6.02. The molecule has 0 unspecified atom stereocenters. The molecule has 0 aliphatic carbocycles. The summed E-state index contributed by atoms with van der Waals surface area (Å²) in [5.41, 5.74) is -5.10. The van der Waals surface area contributed by atoms with Crippen LogP contribution < -0.4 is 16.2 Å². The van der Waals surface area contributed by atoms with Gasteiger partial charge >= 0.3 is 18.3 Å². The maximum Gasteiger partial charge on any atom is 0.417 e. The average molecular weight is 620 g/mol. The van der Waals surface area contributed by atoms with E-state index in [-0.39, 0.29) is 45.9 Å². The molecule has 232 valence electrons. The number of nitrogens with one attached hydrogen (secondary N) is 2. The summed E-state index contributed by atoms with van der Waals surface area (Å²) in [4.78, 5) is 38.7. The Morgan fingerprint density at radius 3 is 2.18 bits per heavy atom. The van der Waals surface area contributed by atoms with E-state index >= 15 is 0 Å². The number of aromatic nitrogens is 1. The summed E-state index contributed by atoms with van der Waals surface area (Å²) in [6.07, 6.45) is -11.4. The molecule has 1 aromatic heterocycles. The number of carboxylic acid groups (broad SMARTS) is 1. The topological polar surface area (TPSA) is 100 Å². The Bertz CT molecular complexity index is 1820. The number of hydrogen-bond donors (Lipinski definition) is 3. The quantitative estimate of drug-likeness (QED) is 0.251. The van der Waals surface area contributed by atoms with E-state index in [1.54, 1.807) is 0 Å². The second kappa shape index (κ2) is 11.3. The molecule has 13 heteroatoms. The van der Waals surface area contributed by atoms with Crippen LogP contribution in [0.5, 0.6) is 0 Å². The molecule has 44 heavy (non-hydrogen) atoms. The van der Waals surface area contributed by atoms with Crippen LogP contribution in [0.2, 0.25) is 0 Å². The number of aryl methyl sites for hydroxylation is 1. The molecule has 4 aromatic rings. The Hall–Kier alpha value is -4.39. The first kappa shape index (κ1) is 31.0. The largest absolute Gasteiger partial charge is 0.480 e. The molecule has 3 aromatic carbocycles. The van der Waals surface area contributed by atoms with Crippen LogP contribution in [-0.4, -0.2) is 46.9 Å². The summed E-state index contributed by atoms with van der Waals surface area (Å²) >= 11 is 0. The Labute approximate surface area is 246 Å². The number of carboxylic acids is 1. The highest BCUT2D eigenvalue weighted by Crippen LogP contribution is 2.46. The Morgan fingerprint density at radius 1 is 0.932 bits per heavy atom. The van der Waals surface area contributed by atoms with Crippen molar-refractivity contribution in [1.82, 2.24) is 15.2 Å². The molecular formula is C31H27F6N3O4. The maximum absolute atomic E-state index is 14.6. The van der Waals surface area contributed by atoms with Gasteiger partial charge in [0.05, 0.1) is 16.6 Å². The molecule has 7 nitrogen and oxygen atoms in total. The summed E-state index contributed by atoms with van der Waals surface area (Å²) in [5, 5.41) is 15.0. The van der Waals surface area contributed by atoms with Crippen LogP contribution in [-0.2, 0) is 29.2 Å². The van der Waals surface area contributed by atoms with Crippen molar-refractivity contribution in [3.63, 3.8) is 0 Å². The Morgan fingerprint density at radius 2 is 1.55 bits per heavy atom. The van der Waals surface area contributed by atoms with Crippen LogP contribution in [0.1, 0.15) is 24.0 Å². The number of carbonyl (C=O) groups excluding carboxylic acids is 1. The van der Waals surface area contributed by atoms with Crippen LogP contribution in [0.4, 0.5) is 26.3 Å². The number of para-hydroxylation sites is 1. The summed E-state index contributed by atoms with van der Waals surface area (Å²) < 4.78 is 87.0. The van der Waals surface area contributed by atoms with Crippen molar-refractivity contribution in [3.8, 4) is 11.1 Å². The smallest absolute Gasteiger partial charge is 0.417 e. The minimum Gasteiger partial charge on any atom is -0.480 e. The molecule has 5 rings (SSSR count). The van der Waals surface area contributed by atoms with Crippen molar-refractivity contribution in [2.45, 2.75) is 37.7 Å². The zero-order chi connectivity index (χ0) is 32.0. The lowest BCUT2D eigenvalue weighted by molar-refractivity contribution is -0.229.